The van der Waals surface area contributed by atoms with Gasteiger partial charge in [-0.1, -0.05) is 0 Å². The zero-order chi connectivity index (χ0) is 17.6. The second-order valence-electron chi connectivity index (χ2n) is 6.65. The summed E-state index contributed by atoms with van der Waals surface area (Å²) in [6.45, 7) is 2.43. The number of carbonyl (C=O) groups excluding carboxylic acids is 2. The molecule has 1 atom stereocenters. The molecule has 2 aliphatic heterocycles. The van der Waals surface area contributed by atoms with E-state index in [1.807, 2.05) is 0 Å². The molecule has 3 amide bonds. The smallest absolute Gasteiger partial charge is 0.319 e. The first-order valence-electron chi connectivity index (χ1n) is 9.03. The monoisotopic (exact) mass is 348 g/mol. The van der Waals surface area contributed by atoms with Crippen LogP contribution in [0.5, 0.6) is 0 Å². The van der Waals surface area contributed by atoms with Crippen molar-refractivity contribution >= 4 is 23.3 Å². The van der Waals surface area contributed by atoms with Gasteiger partial charge in [-0.15, -0.1) is 0 Å². The maximum atomic E-state index is 13.7. The number of carbonyl (C=O) groups is 2. The number of urea groups is 1. The van der Waals surface area contributed by atoms with E-state index in [1.54, 1.807) is 6.07 Å². The molecule has 3 N–H and O–H groups in total. The van der Waals surface area contributed by atoms with Crippen LogP contribution in [0.1, 0.15) is 38.5 Å². The van der Waals surface area contributed by atoms with E-state index in [4.69, 9.17) is 0 Å². The van der Waals surface area contributed by atoms with Crippen LogP contribution in [-0.4, -0.2) is 37.6 Å². The lowest BCUT2D eigenvalue weighted by atomic mass is 10.1. The van der Waals surface area contributed by atoms with E-state index in [0.29, 0.717) is 18.7 Å². The molecule has 25 heavy (non-hydrogen) atoms. The molecule has 2 saturated heterocycles. The number of hydrogen-bond acceptors (Lipinski definition) is 3. The molecule has 0 radical (unpaired) electrons. The van der Waals surface area contributed by atoms with Crippen molar-refractivity contribution in [3.63, 3.8) is 0 Å². The van der Waals surface area contributed by atoms with Crippen molar-refractivity contribution in [2.45, 2.75) is 44.6 Å². The number of rotatable bonds is 3. The third-order valence-electron chi connectivity index (χ3n) is 4.74. The van der Waals surface area contributed by atoms with Gasteiger partial charge in [0.15, 0.2) is 0 Å². The Kier molecular flexibility index (Phi) is 5.73. The molecule has 2 aliphatic rings. The molecule has 0 spiro atoms. The van der Waals surface area contributed by atoms with Gasteiger partial charge in [-0.05, 0) is 56.7 Å². The summed E-state index contributed by atoms with van der Waals surface area (Å²) in [5.74, 6) is -0.564. The first-order valence-corrected chi connectivity index (χ1v) is 9.03. The SMILES string of the molecule is O=C(Nc1cc(F)ccc1N1CCCCC1)N[C@H]1CCCCNC1=O. The van der Waals surface area contributed by atoms with Gasteiger partial charge in [0.05, 0.1) is 11.4 Å². The summed E-state index contributed by atoms with van der Waals surface area (Å²) < 4.78 is 13.7. The third-order valence-corrected chi connectivity index (χ3v) is 4.74. The Hall–Kier alpha value is -2.31. The van der Waals surface area contributed by atoms with Gasteiger partial charge >= 0.3 is 6.03 Å². The van der Waals surface area contributed by atoms with E-state index >= 15 is 0 Å². The van der Waals surface area contributed by atoms with Crippen LogP contribution in [0.25, 0.3) is 0 Å². The number of amides is 3. The van der Waals surface area contributed by atoms with Crippen molar-refractivity contribution in [3.8, 4) is 0 Å². The predicted octanol–water partition coefficient (Wildman–Crippen LogP) is 2.61. The number of halogens is 1. The van der Waals surface area contributed by atoms with Crippen molar-refractivity contribution in [1.29, 1.82) is 0 Å². The Balaban J connectivity index is 1.69. The van der Waals surface area contributed by atoms with Gasteiger partial charge in [0.1, 0.15) is 11.9 Å². The fourth-order valence-corrected chi connectivity index (χ4v) is 3.41. The molecular formula is C18H25FN4O2. The van der Waals surface area contributed by atoms with Crippen molar-refractivity contribution in [2.24, 2.45) is 0 Å². The molecule has 0 unspecified atom stereocenters. The van der Waals surface area contributed by atoms with E-state index in [0.717, 1.165) is 44.5 Å². The highest BCUT2D eigenvalue weighted by atomic mass is 19.1. The molecule has 0 aromatic heterocycles. The number of benzene rings is 1. The molecule has 2 heterocycles. The fraction of sp³-hybridized carbons (Fsp3) is 0.556. The predicted molar refractivity (Wildman–Crippen MR) is 95.3 cm³/mol. The van der Waals surface area contributed by atoms with Crippen LogP contribution in [0.4, 0.5) is 20.6 Å². The maximum Gasteiger partial charge on any atom is 0.319 e. The lowest BCUT2D eigenvalue weighted by Gasteiger charge is -2.30. The number of piperidine rings is 1. The summed E-state index contributed by atoms with van der Waals surface area (Å²) in [4.78, 5) is 26.5. The summed E-state index contributed by atoms with van der Waals surface area (Å²) in [7, 11) is 0. The zero-order valence-electron chi connectivity index (χ0n) is 14.3. The van der Waals surface area contributed by atoms with Gasteiger partial charge in [0, 0.05) is 19.6 Å². The van der Waals surface area contributed by atoms with E-state index in [9.17, 15) is 14.0 Å². The normalized spacial score (nSPS) is 21.2. The molecule has 1 aromatic rings. The second kappa shape index (κ2) is 8.18. The van der Waals surface area contributed by atoms with E-state index in [1.165, 1.54) is 18.6 Å². The Labute approximate surface area is 147 Å². The highest BCUT2D eigenvalue weighted by molar-refractivity contribution is 5.96. The molecule has 0 saturated carbocycles. The van der Waals surface area contributed by atoms with Gasteiger partial charge in [-0.3, -0.25) is 4.79 Å². The summed E-state index contributed by atoms with van der Waals surface area (Å²) >= 11 is 0. The van der Waals surface area contributed by atoms with E-state index in [2.05, 4.69) is 20.9 Å². The van der Waals surface area contributed by atoms with Crippen molar-refractivity contribution in [2.75, 3.05) is 29.9 Å². The number of nitrogens with one attached hydrogen (secondary N) is 3. The van der Waals surface area contributed by atoms with Crippen LogP contribution in [0.15, 0.2) is 18.2 Å². The first kappa shape index (κ1) is 17.5. The van der Waals surface area contributed by atoms with Gasteiger partial charge in [-0.2, -0.15) is 0 Å². The minimum absolute atomic E-state index is 0.164. The van der Waals surface area contributed by atoms with Crippen molar-refractivity contribution in [3.05, 3.63) is 24.0 Å². The van der Waals surface area contributed by atoms with Crippen molar-refractivity contribution in [1.82, 2.24) is 10.6 Å². The van der Waals surface area contributed by atoms with Crippen LogP contribution in [0.3, 0.4) is 0 Å². The molecule has 2 fully saturated rings. The van der Waals surface area contributed by atoms with Crippen LogP contribution in [-0.2, 0) is 4.79 Å². The third kappa shape index (κ3) is 4.61. The molecule has 6 nitrogen and oxygen atoms in total. The van der Waals surface area contributed by atoms with Gasteiger partial charge < -0.3 is 20.9 Å². The minimum atomic E-state index is -0.547. The van der Waals surface area contributed by atoms with E-state index < -0.39 is 17.9 Å². The quantitative estimate of drug-likeness (QED) is 0.786. The number of nitrogens with zero attached hydrogens (tertiary/aromatic N) is 1. The lowest BCUT2D eigenvalue weighted by Crippen LogP contribution is -2.47. The summed E-state index contributed by atoms with van der Waals surface area (Å²) in [6, 6.07) is 3.41. The number of hydrogen-bond donors (Lipinski definition) is 3. The highest BCUT2D eigenvalue weighted by Gasteiger charge is 2.23. The van der Waals surface area contributed by atoms with Crippen LogP contribution < -0.4 is 20.9 Å². The molecular weight excluding hydrogens is 323 g/mol. The topological polar surface area (TPSA) is 73.5 Å². The first-order chi connectivity index (χ1) is 12.1. The second-order valence-corrected chi connectivity index (χ2v) is 6.65. The largest absolute Gasteiger partial charge is 0.370 e. The Bertz CT molecular complexity index is 632. The average molecular weight is 348 g/mol. The zero-order valence-corrected chi connectivity index (χ0v) is 14.3. The standard InChI is InChI=1S/C18H25FN4O2/c19-13-7-8-16(23-10-4-1-5-11-23)15(12-13)22-18(25)21-14-6-2-3-9-20-17(14)24/h7-8,12,14H,1-6,9-11H2,(H,20,24)(H2,21,22,25)/t14-/m0/s1. The fourth-order valence-electron chi connectivity index (χ4n) is 3.41. The Morgan fingerprint density at radius 1 is 1.16 bits per heavy atom. The molecule has 0 aliphatic carbocycles. The molecule has 7 heteroatoms. The highest BCUT2D eigenvalue weighted by Crippen LogP contribution is 2.29. The molecule has 3 rings (SSSR count). The summed E-state index contributed by atoms with van der Waals surface area (Å²) in [6.07, 6.45) is 5.77. The molecule has 0 bridgehead atoms. The minimum Gasteiger partial charge on any atom is -0.370 e. The van der Waals surface area contributed by atoms with Crippen molar-refractivity contribution < 1.29 is 14.0 Å². The van der Waals surface area contributed by atoms with Crippen LogP contribution in [0, 0.1) is 5.82 Å². The average Bonchev–Trinajstić information content (AvgIpc) is 2.80. The number of anilines is 2. The van der Waals surface area contributed by atoms with Gasteiger partial charge in [-0.25, -0.2) is 9.18 Å². The lowest BCUT2D eigenvalue weighted by molar-refractivity contribution is -0.122. The molecule has 136 valence electrons. The Morgan fingerprint density at radius 2 is 1.96 bits per heavy atom. The van der Waals surface area contributed by atoms with Crippen LogP contribution >= 0.6 is 0 Å². The van der Waals surface area contributed by atoms with E-state index in [-0.39, 0.29) is 5.91 Å². The Morgan fingerprint density at radius 3 is 2.76 bits per heavy atom. The summed E-state index contributed by atoms with van der Waals surface area (Å²) in [5.41, 5.74) is 1.26. The van der Waals surface area contributed by atoms with Gasteiger partial charge in [0.25, 0.3) is 0 Å². The maximum absolute atomic E-state index is 13.7. The van der Waals surface area contributed by atoms with Crippen LogP contribution in [0.2, 0.25) is 0 Å². The summed E-state index contributed by atoms with van der Waals surface area (Å²) in [5, 5.41) is 8.22. The molecule has 1 aromatic carbocycles. The van der Waals surface area contributed by atoms with Gasteiger partial charge in [0.2, 0.25) is 5.91 Å².